The van der Waals surface area contributed by atoms with Crippen LogP contribution in [0.5, 0.6) is 0 Å². The third-order valence-corrected chi connectivity index (χ3v) is 3.33. The van der Waals surface area contributed by atoms with E-state index in [0.717, 1.165) is 24.7 Å². The highest BCUT2D eigenvalue weighted by molar-refractivity contribution is 5.09. The van der Waals surface area contributed by atoms with Gasteiger partial charge in [-0.15, -0.1) is 10.2 Å². The van der Waals surface area contributed by atoms with E-state index < -0.39 is 0 Å². The van der Waals surface area contributed by atoms with Gasteiger partial charge in [0.15, 0.2) is 11.6 Å². The first-order chi connectivity index (χ1) is 7.95. The van der Waals surface area contributed by atoms with Crippen LogP contribution in [0.2, 0.25) is 0 Å². The van der Waals surface area contributed by atoms with Crippen LogP contribution in [0.1, 0.15) is 51.5 Å². The number of aromatic nitrogens is 3. The fourth-order valence-corrected chi connectivity index (χ4v) is 2.28. The zero-order chi connectivity index (χ0) is 12.6. The monoisotopic (exact) mass is 238 g/mol. The molecule has 5 heteroatoms. The Morgan fingerprint density at radius 3 is 2.71 bits per heavy atom. The molecule has 1 aromatic heterocycles. The molecule has 0 aliphatic carbocycles. The second-order valence-electron chi connectivity index (χ2n) is 5.70. The molecular formula is C12H22N4O. The summed E-state index contributed by atoms with van der Waals surface area (Å²) in [6.45, 7) is 10.5. The molecule has 0 spiro atoms. The van der Waals surface area contributed by atoms with Crippen molar-refractivity contribution in [2.75, 3.05) is 13.7 Å². The van der Waals surface area contributed by atoms with E-state index in [1.54, 1.807) is 7.11 Å². The van der Waals surface area contributed by atoms with E-state index in [9.17, 15) is 0 Å². The molecule has 5 nitrogen and oxygen atoms in total. The minimum Gasteiger partial charge on any atom is -0.374 e. The lowest BCUT2D eigenvalue weighted by molar-refractivity contribution is 0.106. The van der Waals surface area contributed by atoms with Crippen LogP contribution < -0.4 is 5.32 Å². The minimum absolute atomic E-state index is 0.00466. The van der Waals surface area contributed by atoms with Gasteiger partial charge in [-0.05, 0) is 12.3 Å². The molecule has 0 fully saturated rings. The van der Waals surface area contributed by atoms with Crippen molar-refractivity contribution in [1.29, 1.82) is 0 Å². The average molecular weight is 238 g/mol. The van der Waals surface area contributed by atoms with Gasteiger partial charge >= 0.3 is 0 Å². The van der Waals surface area contributed by atoms with Gasteiger partial charge in [-0.3, -0.25) is 0 Å². The van der Waals surface area contributed by atoms with Crippen LogP contribution in [0.3, 0.4) is 0 Å². The Hall–Kier alpha value is -0.940. The summed E-state index contributed by atoms with van der Waals surface area (Å²) in [7, 11) is 1.70. The molecule has 2 unspecified atom stereocenters. The average Bonchev–Trinajstić information content (AvgIpc) is 2.69. The molecule has 2 rings (SSSR count). The van der Waals surface area contributed by atoms with Crippen LogP contribution in [-0.4, -0.2) is 28.4 Å². The molecule has 2 heterocycles. The number of methoxy groups -OCH3 is 1. The number of rotatable bonds is 2. The molecule has 1 aliphatic heterocycles. The Kier molecular flexibility index (Phi) is 3.23. The van der Waals surface area contributed by atoms with E-state index in [-0.39, 0.29) is 17.6 Å². The lowest BCUT2D eigenvalue weighted by Gasteiger charge is -2.34. The first-order valence-corrected chi connectivity index (χ1v) is 6.14. The van der Waals surface area contributed by atoms with Crippen molar-refractivity contribution < 1.29 is 4.74 Å². The molecule has 1 N–H and O–H groups in total. The molecular weight excluding hydrogens is 216 g/mol. The maximum atomic E-state index is 5.34. The number of fused-ring (bicyclic) bond motifs is 1. The molecule has 0 amide bonds. The van der Waals surface area contributed by atoms with Gasteiger partial charge in [0.05, 0.1) is 6.04 Å². The van der Waals surface area contributed by atoms with Gasteiger partial charge in [0, 0.05) is 20.2 Å². The minimum atomic E-state index is -0.00466. The largest absolute Gasteiger partial charge is 0.374 e. The Morgan fingerprint density at radius 1 is 1.41 bits per heavy atom. The summed E-state index contributed by atoms with van der Waals surface area (Å²) in [5.74, 6) is 1.96. The Balaban J connectivity index is 2.38. The smallest absolute Gasteiger partial charge is 0.162 e. The third-order valence-electron chi connectivity index (χ3n) is 3.33. The summed E-state index contributed by atoms with van der Waals surface area (Å²) < 4.78 is 7.53. The second kappa shape index (κ2) is 4.38. The van der Waals surface area contributed by atoms with Crippen molar-refractivity contribution >= 4 is 0 Å². The Labute approximate surface area is 103 Å². The molecule has 1 aliphatic rings. The van der Waals surface area contributed by atoms with Crippen molar-refractivity contribution in [3.05, 3.63) is 11.6 Å². The predicted octanol–water partition coefficient (Wildman–Crippen LogP) is 1.68. The van der Waals surface area contributed by atoms with E-state index in [2.05, 4.69) is 40.9 Å². The van der Waals surface area contributed by atoms with Crippen LogP contribution in [0.4, 0.5) is 0 Å². The molecule has 2 atom stereocenters. The van der Waals surface area contributed by atoms with Crippen LogP contribution in [-0.2, 0) is 11.3 Å². The number of nitrogens with one attached hydrogen (secondary N) is 1. The predicted molar refractivity (Wildman–Crippen MR) is 65.6 cm³/mol. The van der Waals surface area contributed by atoms with E-state index in [1.807, 2.05) is 6.92 Å². The number of nitrogens with zero attached hydrogens (tertiary/aromatic N) is 3. The summed E-state index contributed by atoms with van der Waals surface area (Å²) in [4.78, 5) is 0. The lowest BCUT2D eigenvalue weighted by Crippen LogP contribution is -2.41. The normalized spacial score (nSPS) is 22.3. The van der Waals surface area contributed by atoms with Gasteiger partial charge in [0.1, 0.15) is 6.10 Å². The quantitative estimate of drug-likeness (QED) is 0.851. The van der Waals surface area contributed by atoms with Gasteiger partial charge in [-0.1, -0.05) is 20.8 Å². The molecule has 17 heavy (non-hydrogen) atoms. The molecule has 0 saturated carbocycles. The van der Waals surface area contributed by atoms with Crippen LogP contribution >= 0.6 is 0 Å². The lowest BCUT2D eigenvalue weighted by atomic mass is 9.85. The Morgan fingerprint density at radius 2 is 2.12 bits per heavy atom. The molecule has 0 saturated heterocycles. The van der Waals surface area contributed by atoms with Crippen molar-refractivity contribution in [2.45, 2.75) is 46.4 Å². The van der Waals surface area contributed by atoms with Crippen LogP contribution in [0, 0.1) is 5.41 Å². The zero-order valence-corrected chi connectivity index (χ0v) is 11.3. The fraction of sp³-hybridized carbons (Fsp3) is 0.833. The van der Waals surface area contributed by atoms with Crippen molar-refractivity contribution in [3.63, 3.8) is 0 Å². The molecule has 0 aromatic carbocycles. The third kappa shape index (κ3) is 2.21. The van der Waals surface area contributed by atoms with E-state index in [4.69, 9.17) is 4.74 Å². The summed E-state index contributed by atoms with van der Waals surface area (Å²) in [5, 5.41) is 12.1. The highest BCUT2D eigenvalue weighted by Crippen LogP contribution is 2.34. The van der Waals surface area contributed by atoms with E-state index in [1.165, 1.54) is 0 Å². The van der Waals surface area contributed by atoms with Gasteiger partial charge in [-0.25, -0.2) is 0 Å². The molecule has 1 aromatic rings. The fourth-order valence-electron chi connectivity index (χ4n) is 2.28. The maximum Gasteiger partial charge on any atom is 0.162 e. The number of ether oxygens (including phenoxy) is 1. The highest BCUT2D eigenvalue weighted by atomic mass is 16.5. The first kappa shape index (κ1) is 12.5. The van der Waals surface area contributed by atoms with Crippen LogP contribution in [0.15, 0.2) is 0 Å². The van der Waals surface area contributed by atoms with Gasteiger partial charge in [0.25, 0.3) is 0 Å². The SMILES string of the molecule is COC(C)c1nnc2n1CCNC2C(C)(C)C. The zero-order valence-electron chi connectivity index (χ0n) is 11.3. The highest BCUT2D eigenvalue weighted by Gasteiger charge is 2.34. The molecule has 96 valence electrons. The molecule has 0 radical (unpaired) electrons. The van der Waals surface area contributed by atoms with Crippen molar-refractivity contribution in [3.8, 4) is 0 Å². The summed E-state index contributed by atoms with van der Waals surface area (Å²) in [6.07, 6.45) is -0.00466. The first-order valence-electron chi connectivity index (χ1n) is 6.14. The number of hydrogen-bond donors (Lipinski definition) is 1. The van der Waals surface area contributed by atoms with Crippen LogP contribution in [0.25, 0.3) is 0 Å². The van der Waals surface area contributed by atoms with Crippen molar-refractivity contribution in [2.24, 2.45) is 5.41 Å². The van der Waals surface area contributed by atoms with E-state index >= 15 is 0 Å². The van der Waals surface area contributed by atoms with Crippen molar-refractivity contribution in [1.82, 2.24) is 20.1 Å². The second-order valence-corrected chi connectivity index (χ2v) is 5.70. The maximum absolute atomic E-state index is 5.34. The van der Waals surface area contributed by atoms with Gasteiger partial charge in [-0.2, -0.15) is 0 Å². The van der Waals surface area contributed by atoms with Gasteiger partial charge < -0.3 is 14.6 Å². The summed E-state index contributed by atoms with van der Waals surface area (Å²) in [5.41, 5.74) is 0.138. The van der Waals surface area contributed by atoms with Gasteiger partial charge in [0.2, 0.25) is 0 Å². The standard InChI is InChI=1S/C12H22N4O/c1-8(17-5)10-14-15-11-9(12(2,3)4)13-6-7-16(10)11/h8-9,13H,6-7H2,1-5H3. The molecule has 0 bridgehead atoms. The number of hydrogen-bond acceptors (Lipinski definition) is 4. The topological polar surface area (TPSA) is 52.0 Å². The Bertz CT molecular complexity index is 394. The summed E-state index contributed by atoms with van der Waals surface area (Å²) >= 11 is 0. The summed E-state index contributed by atoms with van der Waals surface area (Å²) in [6, 6.07) is 0.251. The van der Waals surface area contributed by atoms with E-state index in [0.29, 0.717) is 0 Å².